The zero-order valence-electron chi connectivity index (χ0n) is 24.2. The lowest BCUT2D eigenvalue weighted by atomic mass is 9.77. The molecule has 2 heterocycles. The maximum atomic E-state index is 13.4. The van der Waals surface area contributed by atoms with Crippen molar-refractivity contribution in [1.82, 2.24) is 4.90 Å². The van der Waals surface area contributed by atoms with Gasteiger partial charge in [-0.25, -0.2) is 4.79 Å². The minimum Gasteiger partial charge on any atom is -0.460 e. The van der Waals surface area contributed by atoms with Crippen LogP contribution in [-0.4, -0.2) is 72.3 Å². The van der Waals surface area contributed by atoms with Crippen LogP contribution in [0.3, 0.4) is 0 Å². The second-order valence-corrected chi connectivity index (χ2v) is 13.0. The Hall–Kier alpha value is -2.10. The standard InChI is InChI=1S/C28H44BNO7/c1-25(2,3)34-23(31)21(22-18-30(14-15-33-22)24(32)35-26(4,5)6)17-19-12-11-13-20(16-19)29-36-27(7,8)28(9,10)37-29/h11-13,16,21-22H,14-15,17-18H2,1-10H3. The van der Waals surface area contributed by atoms with Gasteiger partial charge in [-0.3, -0.25) is 4.79 Å². The largest absolute Gasteiger partial charge is 0.494 e. The molecule has 2 saturated heterocycles. The molecule has 2 unspecified atom stereocenters. The van der Waals surface area contributed by atoms with Gasteiger partial charge in [0.25, 0.3) is 0 Å². The first-order valence-corrected chi connectivity index (χ1v) is 13.1. The van der Waals surface area contributed by atoms with Crippen molar-refractivity contribution in [2.24, 2.45) is 5.92 Å². The van der Waals surface area contributed by atoms with E-state index in [4.69, 9.17) is 23.5 Å². The highest BCUT2D eigenvalue weighted by Gasteiger charge is 2.51. The van der Waals surface area contributed by atoms with Gasteiger partial charge < -0.3 is 28.4 Å². The number of amides is 1. The van der Waals surface area contributed by atoms with Crippen LogP contribution in [0.5, 0.6) is 0 Å². The van der Waals surface area contributed by atoms with Crippen LogP contribution in [0.15, 0.2) is 24.3 Å². The Morgan fingerprint density at radius 3 is 2.19 bits per heavy atom. The molecule has 8 nitrogen and oxygen atoms in total. The second kappa shape index (κ2) is 10.6. The summed E-state index contributed by atoms with van der Waals surface area (Å²) < 4.78 is 29.8. The molecule has 0 N–H and O–H groups in total. The van der Waals surface area contributed by atoms with Crippen molar-refractivity contribution in [3.63, 3.8) is 0 Å². The second-order valence-electron chi connectivity index (χ2n) is 13.0. The van der Waals surface area contributed by atoms with E-state index in [9.17, 15) is 9.59 Å². The molecule has 1 aromatic carbocycles. The molecule has 0 spiro atoms. The Labute approximate surface area is 222 Å². The molecule has 0 aromatic heterocycles. The predicted molar refractivity (Wildman–Crippen MR) is 143 cm³/mol. The topological polar surface area (TPSA) is 83.5 Å². The summed E-state index contributed by atoms with van der Waals surface area (Å²) in [6.07, 6.45) is -0.558. The zero-order valence-corrected chi connectivity index (χ0v) is 24.2. The van der Waals surface area contributed by atoms with E-state index in [1.54, 1.807) is 4.90 Å². The first kappa shape index (κ1) is 29.5. The van der Waals surface area contributed by atoms with E-state index in [1.165, 1.54) is 0 Å². The van der Waals surface area contributed by atoms with E-state index in [-0.39, 0.29) is 12.5 Å². The molecular weight excluding hydrogens is 473 g/mol. The molecule has 0 saturated carbocycles. The summed E-state index contributed by atoms with van der Waals surface area (Å²) in [7, 11) is -0.501. The zero-order chi connectivity index (χ0) is 27.8. The smallest absolute Gasteiger partial charge is 0.460 e. The highest BCUT2D eigenvalue weighted by molar-refractivity contribution is 6.62. The molecule has 206 valence electrons. The van der Waals surface area contributed by atoms with Crippen molar-refractivity contribution >= 4 is 24.6 Å². The third kappa shape index (κ3) is 7.71. The molecule has 1 aromatic rings. The summed E-state index contributed by atoms with van der Waals surface area (Å²) in [4.78, 5) is 27.7. The minimum absolute atomic E-state index is 0.246. The highest BCUT2D eigenvalue weighted by Crippen LogP contribution is 2.36. The minimum atomic E-state index is -0.653. The molecule has 0 bridgehead atoms. The Kier molecular flexibility index (Phi) is 8.42. The molecule has 0 aliphatic carbocycles. The fraction of sp³-hybridized carbons (Fsp3) is 0.714. The lowest BCUT2D eigenvalue weighted by Crippen LogP contribution is -2.52. The van der Waals surface area contributed by atoms with Gasteiger partial charge >= 0.3 is 19.2 Å². The number of hydrogen-bond acceptors (Lipinski definition) is 7. The van der Waals surface area contributed by atoms with Gasteiger partial charge in [0.15, 0.2) is 0 Å². The lowest BCUT2D eigenvalue weighted by molar-refractivity contribution is -0.168. The van der Waals surface area contributed by atoms with Crippen LogP contribution in [0, 0.1) is 5.92 Å². The van der Waals surface area contributed by atoms with Gasteiger partial charge in [-0.2, -0.15) is 0 Å². The number of hydrogen-bond donors (Lipinski definition) is 0. The molecule has 3 rings (SSSR count). The Bertz CT molecular complexity index is 963. The molecule has 2 aliphatic rings. The van der Waals surface area contributed by atoms with Crippen molar-refractivity contribution in [3.8, 4) is 0 Å². The fourth-order valence-electron chi connectivity index (χ4n) is 4.25. The molecule has 1 amide bonds. The summed E-state index contributed by atoms with van der Waals surface area (Å²) >= 11 is 0. The summed E-state index contributed by atoms with van der Waals surface area (Å²) in [6, 6.07) is 7.89. The van der Waals surface area contributed by atoms with Gasteiger partial charge in [-0.15, -0.1) is 0 Å². The number of esters is 1. The van der Waals surface area contributed by atoms with E-state index in [0.29, 0.717) is 19.6 Å². The number of ether oxygens (including phenoxy) is 3. The molecule has 37 heavy (non-hydrogen) atoms. The monoisotopic (exact) mass is 517 g/mol. The van der Waals surface area contributed by atoms with E-state index in [2.05, 4.69) is 0 Å². The van der Waals surface area contributed by atoms with Crippen LogP contribution in [0.2, 0.25) is 0 Å². The molecule has 2 fully saturated rings. The van der Waals surface area contributed by atoms with Gasteiger partial charge in [0.05, 0.1) is 36.4 Å². The average molecular weight is 517 g/mol. The highest BCUT2D eigenvalue weighted by atomic mass is 16.7. The maximum absolute atomic E-state index is 13.4. The Morgan fingerprint density at radius 2 is 1.62 bits per heavy atom. The molecular formula is C28H44BNO7. The first-order chi connectivity index (χ1) is 16.9. The number of rotatable bonds is 5. The molecule has 9 heteroatoms. The third-order valence-electron chi connectivity index (χ3n) is 6.84. The van der Waals surface area contributed by atoms with Crippen LogP contribution in [-0.2, 0) is 34.7 Å². The average Bonchev–Trinajstić information content (AvgIpc) is 2.97. The van der Waals surface area contributed by atoms with Crippen molar-refractivity contribution in [1.29, 1.82) is 0 Å². The SMILES string of the molecule is CC(C)(C)OC(=O)C(Cc1cccc(B2OC(C)(C)C(C)(C)O2)c1)C1CN(C(=O)OC(C)(C)C)CCO1. The number of morpholine rings is 1. The normalized spacial score (nSPS) is 22.5. The lowest BCUT2D eigenvalue weighted by Gasteiger charge is -2.37. The quantitative estimate of drug-likeness (QED) is 0.429. The number of carbonyl (C=O) groups is 2. The van der Waals surface area contributed by atoms with Crippen LogP contribution in [0.4, 0.5) is 4.79 Å². The van der Waals surface area contributed by atoms with Crippen LogP contribution >= 0.6 is 0 Å². The number of benzene rings is 1. The third-order valence-corrected chi connectivity index (χ3v) is 6.84. The van der Waals surface area contributed by atoms with Gasteiger partial charge in [-0.05, 0) is 86.7 Å². The summed E-state index contributed by atoms with van der Waals surface area (Å²) in [6.45, 7) is 20.1. The molecule has 2 atom stereocenters. The number of carbonyl (C=O) groups excluding carboxylic acids is 2. The van der Waals surface area contributed by atoms with Crippen LogP contribution < -0.4 is 5.46 Å². The number of nitrogens with zero attached hydrogens (tertiary/aromatic N) is 1. The van der Waals surface area contributed by atoms with Crippen LogP contribution in [0.25, 0.3) is 0 Å². The van der Waals surface area contributed by atoms with Crippen molar-refractivity contribution in [3.05, 3.63) is 29.8 Å². The Morgan fingerprint density at radius 1 is 1.03 bits per heavy atom. The van der Waals surface area contributed by atoms with Crippen LogP contribution in [0.1, 0.15) is 74.8 Å². The summed E-state index contributed by atoms with van der Waals surface area (Å²) in [5, 5.41) is 0. The summed E-state index contributed by atoms with van der Waals surface area (Å²) in [5.74, 6) is -0.970. The van der Waals surface area contributed by atoms with Gasteiger partial charge in [-0.1, -0.05) is 24.3 Å². The fourth-order valence-corrected chi connectivity index (χ4v) is 4.25. The summed E-state index contributed by atoms with van der Waals surface area (Å²) in [5.41, 5.74) is -0.343. The van der Waals surface area contributed by atoms with E-state index in [1.807, 2.05) is 93.5 Å². The van der Waals surface area contributed by atoms with Crippen molar-refractivity contribution in [2.75, 3.05) is 19.7 Å². The van der Waals surface area contributed by atoms with Gasteiger partial charge in [0, 0.05) is 6.54 Å². The van der Waals surface area contributed by atoms with Gasteiger partial charge in [0.1, 0.15) is 11.2 Å². The van der Waals surface area contributed by atoms with E-state index < -0.39 is 47.6 Å². The predicted octanol–water partition coefficient (Wildman–Crippen LogP) is 4.12. The van der Waals surface area contributed by atoms with E-state index >= 15 is 0 Å². The van der Waals surface area contributed by atoms with E-state index in [0.717, 1.165) is 11.0 Å². The van der Waals surface area contributed by atoms with Crippen molar-refractivity contribution in [2.45, 2.75) is 104 Å². The molecule has 2 aliphatic heterocycles. The van der Waals surface area contributed by atoms with Crippen molar-refractivity contribution < 1.29 is 33.1 Å². The Balaban J connectivity index is 1.82. The van der Waals surface area contributed by atoms with Gasteiger partial charge in [0.2, 0.25) is 0 Å². The molecule has 0 radical (unpaired) electrons. The maximum Gasteiger partial charge on any atom is 0.494 e. The first-order valence-electron chi connectivity index (χ1n) is 13.1.